The summed E-state index contributed by atoms with van der Waals surface area (Å²) in [6, 6.07) is 27.6. The molecule has 2 aromatic heterocycles. The predicted molar refractivity (Wildman–Crippen MR) is 162 cm³/mol. The molecule has 0 aliphatic rings. The predicted octanol–water partition coefficient (Wildman–Crippen LogP) is 6.31. The van der Waals surface area contributed by atoms with Crippen molar-refractivity contribution in [3.8, 4) is 17.8 Å². The van der Waals surface area contributed by atoms with Crippen LogP contribution in [0.25, 0.3) is 16.7 Å². The average Bonchev–Trinajstić information content (AvgIpc) is 3.47. The Morgan fingerprint density at radius 1 is 0.818 bits per heavy atom. The van der Waals surface area contributed by atoms with E-state index in [1.807, 2.05) is 18.2 Å². The normalized spacial score (nSPS) is 10.9. The Labute approximate surface area is 250 Å². The number of carbonyl (C=O) groups excluding carboxylic acids is 2. The minimum Gasteiger partial charge on any atom is -0.505 e. The number of nitrogens with zero attached hydrogens (tertiary/aromatic N) is 7. The zero-order valence-electron chi connectivity index (χ0n) is 22.8. The molecule has 6 rings (SSSR count). The number of nitriles is 1. The number of amides is 2. The van der Waals surface area contributed by atoms with E-state index < -0.39 is 17.6 Å². The van der Waals surface area contributed by atoms with Crippen molar-refractivity contribution in [3.63, 3.8) is 0 Å². The Morgan fingerprint density at radius 3 is 2.14 bits per heavy atom. The summed E-state index contributed by atoms with van der Waals surface area (Å²) in [6.45, 7) is 0. The number of phenolic OH excluding ortho intramolecular Hbond substituents is 1. The van der Waals surface area contributed by atoms with E-state index in [2.05, 4.69) is 35.9 Å². The third kappa shape index (κ3) is 5.56. The van der Waals surface area contributed by atoms with Crippen LogP contribution in [0.5, 0.6) is 5.75 Å². The molecule has 0 unspecified atom stereocenters. The summed E-state index contributed by atoms with van der Waals surface area (Å²) < 4.78 is 1.24. The molecule has 6 aromatic rings. The number of carbonyl (C=O) groups is 2. The van der Waals surface area contributed by atoms with Crippen LogP contribution < -0.4 is 10.6 Å². The molecule has 12 heteroatoms. The number of anilines is 2. The van der Waals surface area contributed by atoms with Gasteiger partial charge in [0, 0.05) is 29.3 Å². The first-order chi connectivity index (χ1) is 21.5. The summed E-state index contributed by atoms with van der Waals surface area (Å²) in [5.41, 5.74) is 1.31. The standard InChI is InChI=1S/C32H21N9O3/c33-18-22-19-36-41(32-34-14-7-15-35-32)29(22)40-39-26-17-20-12-13-21(30(43)37-23-8-3-1-4-9-23)16-25(20)27(28(26)42)31(44)38-24-10-5-2-6-11-24/h1-17,19,42H,(H,37,43)(H,38,44). The molecule has 0 aliphatic carbocycles. The molecule has 0 radical (unpaired) electrons. The zero-order valence-corrected chi connectivity index (χ0v) is 22.8. The van der Waals surface area contributed by atoms with E-state index in [1.54, 1.807) is 66.7 Å². The molecule has 0 atom stereocenters. The van der Waals surface area contributed by atoms with Crippen LogP contribution in [0.15, 0.2) is 120 Å². The molecule has 0 aliphatic heterocycles. The highest BCUT2D eigenvalue weighted by atomic mass is 16.3. The zero-order chi connectivity index (χ0) is 30.5. The maximum absolute atomic E-state index is 13.6. The minimum atomic E-state index is -0.628. The highest BCUT2D eigenvalue weighted by Gasteiger charge is 2.22. The molecule has 0 saturated carbocycles. The summed E-state index contributed by atoms with van der Waals surface area (Å²) >= 11 is 0. The summed E-state index contributed by atoms with van der Waals surface area (Å²) in [7, 11) is 0. The van der Waals surface area contributed by atoms with Crippen molar-refractivity contribution in [2.45, 2.75) is 0 Å². The van der Waals surface area contributed by atoms with Gasteiger partial charge < -0.3 is 15.7 Å². The van der Waals surface area contributed by atoms with E-state index in [9.17, 15) is 20.0 Å². The van der Waals surface area contributed by atoms with E-state index in [0.29, 0.717) is 22.1 Å². The number of fused-ring (bicyclic) bond motifs is 1. The third-order valence-electron chi connectivity index (χ3n) is 6.51. The molecule has 0 saturated heterocycles. The molecule has 44 heavy (non-hydrogen) atoms. The number of hydrogen-bond acceptors (Lipinski definition) is 9. The fourth-order valence-corrected chi connectivity index (χ4v) is 4.42. The molecule has 2 heterocycles. The molecule has 4 aromatic carbocycles. The third-order valence-corrected chi connectivity index (χ3v) is 6.51. The monoisotopic (exact) mass is 579 g/mol. The number of aromatic hydroxyl groups is 1. The lowest BCUT2D eigenvalue weighted by atomic mass is 9.98. The first kappa shape index (κ1) is 27.4. The molecule has 2 amide bonds. The molecular weight excluding hydrogens is 558 g/mol. The molecule has 212 valence electrons. The van der Waals surface area contributed by atoms with Crippen molar-refractivity contribution >= 4 is 45.5 Å². The van der Waals surface area contributed by atoms with Gasteiger partial charge in [0.05, 0.1) is 11.8 Å². The van der Waals surface area contributed by atoms with Gasteiger partial charge in [-0.05, 0) is 59.3 Å². The highest BCUT2D eigenvalue weighted by molar-refractivity contribution is 6.17. The quantitative estimate of drug-likeness (QED) is 0.186. The van der Waals surface area contributed by atoms with Crippen molar-refractivity contribution in [2.24, 2.45) is 10.2 Å². The van der Waals surface area contributed by atoms with Gasteiger partial charge in [0.25, 0.3) is 17.8 Å². The number of phenols is 1. The van der Waals surface area contributed by atoms with Gasteiger partial charge in [-0.3, -0.25) is 9.59 Å². The lowest BCUT2D eigenvalue weighted by molar-refractivity contribution is 0.101. The van der Waals surface area contributed by atoms with Crippen LogP contribution >= 0.6 is 0 Å². The number of para-hydroxylation sites is 2. The molecule has 3 N–H and O–H groups in total. The summed E-state index contributed by atoms with van der Waals surface area (Å²) in [6.07, 6.45) is 4.32. The summed E-state index contributed by atoms with van der Waals surface area (Å²) in [5, 5.41) is 40.0. The summed E-state index contributed by atoms with van der Waals surface area (Å²) in [5.74, 6) is -1.31. The number of aromatic nitrogens is 4. The van der Waals surface area contributed by atoms with Crippen molar-refractivity contribution in [3.05, 3.63) is 126 Å². The first-order valence-corrected chi connectivity index (χ1v) is 13.2. The first-order valence-electron chi connectivity index (χ1n) is 13.2. The Hall–Kier alpha value is -6.74. The van der Waals surface area contributed by atoms with Crippen LogP contribution in [0.4, 0.5) is 22.9 Å². The second-order valence-electron chi connectivity index (χ2n) is 9.35. The van der Waals surface area contributed by atoms with Gasteiger partial charge in [0.1, 0.15) is 17.3 Å². The second-order valence-corrected chi connectivity index (χ2v) is 9.35. The van der Waals surface area contributed by atoms with Crippen LogP contribution in [0.3, 0.4) is 0 Å². The van der Waals surface area contributed by atoms with Crippen molar-refractivity contribution in [1.82, 2.24) is 19.7 Å². The Morgan fingerprint density at radius 2 is 1.48 bits per heavy atom. The van der Waals surface area contributed by atoms with Gasteiger partial charge in [-0.2, -0.15) is 15.0 Å². The molecule has 0 spiro atoms. The largest absolute Gasteiger partial charge is 0.505 e. The SMILES string of the molecule is N#Cc1cnn(-c2ncccn2)c1N=Nc1cc2ccc(C(=O)Nc3ccccc3)cc2c(C(=O)Nc2ccccc2)c1O. The van der Waals surface area contributed by atoms with Gasteiger partial charge in [0.15, 0.2) is 11.6 Å². The van der Waals surface area contributed by atoms with Crippen LogP contribution in [0, 0.1) is 11.3 Å². The second kappa shape index (κ2) is 12.0. The van der Waals surface area contributed by atoms with E-state index >= 15 is 0 Å². The van der Waals surface area contributed by atoms with E-state index in [1.165, 1.54) is 35.4 Å². The van der Waals surface area contributed by atoms with Crippen LogP contribution in [-0.2, 0) is 0 Å². The topological polar surface area (TPSA) is 171 Å². The van der Waals surface area contributed by atoms with Crippen LogP contribution in [-0.4, -0.2) is 36.7 Å². The lowest BCUT2D eigenvalue weighted by Gasteiger charge is -2.13. The van der Waals surface area contributed by atoms with Crippen LogP contribution in [0.2, 0.25) is 0 Å². The smallest absolute Gasteiger partial charge is 0.260 e. The molecule has 0 bridgehead atoms. The number of benzene rings is 4. The minimum absolute atomic E-state index is 0.0291. The van der Waals surface area contributed by atoms with Gasteiger partial charge in [0.2, 0.25) is 0 Å². The maximum Gasteiger partial charge on any atom is 0.260 e. The van der Waals surface area contributed by atoms with Gasteiger partial charge in [-0.1, -0.05) is 42.5 Å². The molecular formula is C32H21N9O3. The fraction of sp³-hybridized carbons (Fsp3) is 0. The number of nitrogens with one attached hydrogen (secondary N) is 2. The van der Waals surface area contributed by atoms with Crippen molar-refractivity contribution in [1.29, 1.82) is 5.26 Å². The molecule has 12 nitrogen and oxygen atoms in total. The Kier molecular flexibility index (Phi) is 7.49. The van der Waals surface area contributed by atoms with E-state index in [0.717, 1.165) is 0 Å². The maximum atomic E-state index is 13.6. The van der Waals surface area contributed by atoms with Crippen molar-refractivity contribution < 1.29 is 14.7 Å². The highest BCUT2D eigenvalue weighted by Crippen LogP contribution is 2.39. The summed E-state index contributed by atoms with van der Waals surface area (Å²) in [4.78, 5) is 35.0. The Bertz CT molecular complexity index is 2070. The lowest BCUT2D eigenvalue weighted by Crippen LogP contribution is -2.14. The van der Waals surface area contributed by atoms with Crippen molar-refractivity contribution in [2.75, 3.05) is 10.6 Å². The number of rotatable bonds is 7. The van der Waals surface area contributed by atoms with Gasteiger partial charge in [-0.25, -0.2) is 9.97 Å². The number of hydrogen-bond donors (Lipinski definition) is 3. The van der Waals surface area contributed by atoms with E-state index in [4.69, 9.17) is 0 Å². The van der Waals surface area contributed by atoms with Gasteiger partial charge >= 0.3 is 0 Å². The van der Waals surface area contributed by atoms with Gasteiger partial charge in [-0.15, -0.1) is 10.2 Å². The average molecular weight is 580 g/mol. The van der Waals surface area contributed by atoms with E-state index in [-0.39, 0.29) is 34.1 Å². The Balaban J connectivity index is 1.45. The van der Waals surface area contributed by atoms with Crippen LogP contribution in [0.1, 0.15) is 26.3 Å². The fourth-order valence-electron chi connectivity index (χ4n) is 4.42. The number of azo groups is 1. The molecule has 0 fully saturated rings.